The number of aromatic nitrogens is 6. The predicted molar refractivity (Wildman–Crippen MR) is 99.4 cm³/mol. The Kier molecular flexibility index (Phi) is 4.97. The zero-order valence-electron chi connectivity index (χ0n) is 15.4. The van der Waals surface area contributed by atoms with Gasteiger partial charge in [-0.25, -0.2) is 23.5 Å². The summed E-state index contributed by atoms with van der Waals surface area (Å²) in [6.45, 7) is 0.109. The topological polar surface area (TPSA) is 111 Å². The summed E-state index contributed by atoms with van der Waals surface area (Å²) in [6.07, 6.45) is 3.08. The second kappa shape index (κ2) is 7.48. The minimum absolute atomic E-state index is 0.109. The van der Waals surface area contributed by atoms with Crippen LogP contribution in [0.5, 0.6) is 0 Å². The largest absolute Gasteiger partial charge is 0.471 e. The van der Waals surface area contributed by atoms with E-state index < -0.39 is 21.8 Å². The van der Waals surface area contributed by atoms with Crippen LogP contribution in [0.25, 0.3) is 17.0 Å². The van der Waals surface area contributed by atoms with Gasteiger partial charge in [0.15, 0.2) is 0 Å². The van der Waals surface area contributed by atoms with Crippen molar-refractivity contribution >= 4 is 15.4 Å². The lowest BCUT2D eigenvalue weighted by atomic mass is 10.2. The first-order valence-electron chi connectivity index (χ1n) is 8.49. The Morgan fingerprint density at radius 2 is 2.07 bits per heavy atom. The molecular formula is C17H14F3N7O2S. The van der Waals surface area contributed by atoms with Crippen LogP contribution in [0.2, 0.25) is 0 Å². The number of fused-ring (bicyclic) bond motifs is 1. The van der Waals surface area contributed by atoms with Gasteiger partial charge in [0, 0.05) is 40.1 Å². The third kappa shape index (κ3) is 4.45. The lowest BCUT2D eigenvalue weighted by Gasteiger charge is -2.02. The predicted octanol–water partition coefficient (Wildman–Crippen LogP) is 2.99. The molecule has 0 spiro atoms. The summed E-state index contributed by atoms with van der Waals surface area (Å²) < 4.78 is 60.8. The van der Waals surface area contributed by atoms with Crippen molar-refractivity contribution in [2.75, 3.05) is 6.26 Å². The fraction of sp³-hybridized carbons (Fsp3) is 0.235. The minimum atomic E-state index is -4.71. The summed E-state index contributed by atoms with van der Waals surface area (Å²) in [4.78, 5) is 15.6. The van der Waals surface area contributed by atoms with Crippen LogP contribution in [0.3, 0.4) is 0 Å². The Bertz CT molecular complexity index is 1310. The van der Waals surface area contributed by atoms with Crippen molar-refractivity contribution < 1.29 is 21.9 Å². The minimum Gasteiger partial charge on any atom is -0.329 e. The molecule has 4 aromatic rings. The Morgan fingerprint density at radius 1 is 1.23 bits per heavy atom. The molecule has 0 aliphatic heterocycles. The van der Waals surface area contributed by atoms with Gasteiger partial charge in [-0.1, -0.05) is 5.16 Å². The molecule has 0 aliphatic rings. The fourth-order valence-electron chi connectivity index (χ4n) is 2.63. The molecule has 4 heterocycles. The Morgan fingerprint density at radius 3 is 2.77 bits per heavy atom. The summed E-state index contributed by atoms with van der Waals surface area (Å²) >= 11 is 0. The summed E-state index contributed by atoms with van der Waals surface area (Å²) in [5.41, 5.74) is 1.95. The molecule has 0 fully saturated rings. The quantitative estimate of drug-likeness (QED) is 0.472. The van der Waals surface area contributed by atoms with Crippen LogP contribution in [0, 0.1) is 0 Å². The number of imidazole rings is 1. The van der Waals surface area contributed by atoms with Gasteiger partial charge in [0.1, 0.15) is 12.0 Å². The molecule has 30 heavy (non-hydrogen) atoms. The maximum absolute atomic E-state index is 12.7. The molecule has 4 aromatic heterocycles. The van der Waals surface area contributed by atoms with Gasteiger partial charge in [-0.3, -0.25) is 0 Å². The summed E-state index contributed by atoms with van der Waals surface area (Å²) in [5, 5.41) is 3.36. The number of rotatable bonds is 5. The van der Waals surface area contributed by atoms with Crippen molar-refractivity contribution in [1.82, 2.24) is 29.5 Å². The number of pyridine rings is 1. The van der Waals surface area contributed by atoms with Crippen molar-refractivity contribution in [2.45, 2.75) is 18.5 Å². The molecule has 0 saturated carbocycles. The molecule has 0 radical (unpaired) electrons. The molecule has 0 amide bonds. The Balaban J connectivity index is 1.55. The van der Waals surface area contributed by atoms with Gasteiger partial charge in [-0.15, -0.1) is 0 Å². The maximum Gasteiger partial charge on any atom is 0.471 e. The normalized spacial score (nSPS) is 14.0. The van der Waals surface area contributed by atoms with Crippen LogP contribution in [0.4, 0.5) is 13.2 Å². The highest BCUT2D eigenvalue weighted by atomic mass is 32.2. The SMILES string of the molecule is CS(=O)(Cc1ccncn1)=NCc1cn2ccc(-c3noc(C(F)(F)F)n3)cc2n1. The van der Waals surface area contributed by atoms with Gasteiger partial charge in [-0.05, 0) is 18.2 Å². The molecule has 1 atom stereocenters. The highest BCUT2D eigenvalue weighted by Crippen LogP contribution is 2.29. The lowest BCUT2D eigenvalue weighted by molar-refractivity contribution is -0.159. The number of hydrogen-bond donors (Lipinski definition) is 0. The maximum atomic E-state index is 12.7. The number of halogens is 3. The lowest BCUT2D eigenvalue weighted by Crippen LogP contribution is -2.04. The van der Waals surface area contributed by atoms with Gasteiger partial charge >= 0.3 is 12.1 Å². The van der Waals surface area contributed by atoms with E-state index in [1.54, 1.807) is 35.1 Å². The van der Waals surface area contributed by atoms with Crippen LogP contribution in [-0.4, -0.2) is 40.0 Å². The van der Waals surface area contributed by atoms with Crippen LogP contribution in [0.15, 0.2) is 52.0 Å². The monoisotopic (exact) mass is 437 g/mol. The molecule has 1 unspecified atom stereocenters. The van der Waals surface area contributed by atoms with Crippen LogP contribution >= 0.6 is 0 Å². The number of alkyl halides is 3. The zero-order valence-corrected chi connectivity index (χ0v) is 16.3. The van der Waals surface area contributed by atoms with Gasteiger partial charge in [0.25, 0.3) is 0 Å². The van der Waals surface area contributed by atoms with Crippen molar-refractivity contribution in [2.24, 2.45) is 4.36 Å². The second-order valence-corrected chi connectivity index (χ2v) is 8.89. The number of hydrogen-bond acceptors (Lipinski definition) is 8. The molecule has 0 N–H and O–H groups in total. The standard InChI is InChI=1S/C17H14F3N7O2S/c1-30(28,9-12-2-4-21-10-22-12)23-7-13-8-27-5-3-11(6-14(27)24-13)15-25-16(29-26-15)17(18,19)20/h2-6,8,10H,7,9H2,1H3. The van der Waals surface area contributed by atoms with Crippen molar-refractivity contribution in [3.8, 4) is 11.4 Å². The zero-order chi connectivity index (χ0) is 21.4. The molecule has 13 heteroatoms. The van der Waals surface area contributed by atoms with Crippen LogP contribution in [0.1, 0.15) is 17.3 Å². The van der Waals surface area contributed by atoms with E-state index >= 15 is 0 Å². The average molecular weight is 437 g/mol. The second-order valence-electron chi connectivity index (χ2n) is 6.43. The molecule has 0 aliphatic carbocycles. The first-order chi connectivity index (χ1) is 14.2. The summed E-state index contributed by atoms with van der Waals surface area (Å²) in [6, 6.07) is 4.74. The van der Waals surface area contributed by atoms with E-state index in [0.717, 1.165) is 0 Å². The first-order valence-corrected chi connectivity index (χ1v) is 10.6. The van der Waals surface area contributed by atoms with Gasteiger partial charge < -0.3 is 8.92 Å². The molecule has 4 rings (SSSR count). The molecule has 9 nitrogen and oxygen atoms in total. The third-order valence-electron chi connectivity index (χ3n) is 4.00. The molecular weight excluding hydrogens is 423 g/mol. The van der Waals surface area contributed by atoms with Gasteiger partial charge in [-0.2, -0.15) is 18.2 Å². The van der Waals surface area contributed by atoms with E-state index in [0.29, 0.717) is 22.6 Å². The van der Waals surface area contributed by atoms with E-state index in [1.165, 1.54) is 18.6 Å². The van der Waals surface area contributed by atoms with E-state index in [1.807, 2.05) is 0 Å². The van der Waals surface area contributed by atoms with Gasteiger partial charge in [0.05, 0.1) is 23.7 Å². The molecule has 0 saturated heterocycles. The number of nitrogens with zero attached hydrogens (tertiary/aromatic N) is 7. The third-order valence-corrected chi connectivity index (χ3v) is 5.50. The van der Waals surface area contributed by atoms with E-state index in [-0.39, 0.29) is 18.1 Å². The fourth-order valence-corrected chi connectivity index (χ4v) is 3.85. The highest BCUT2D eigenvalue weighted by molar-refractivity contribution is 7.92. The van der Waals surface area contributed by atoms with Crippen molar-refractivity contribution in [3.63, 3.8) is 0 Å². The Hall–Kier alpha value is -3.35. The molecule has 156 valence electrons. The molecule has 0 bridgehead atoms. The van der Waals surface area contributed by atoms with E-state index in [4.69, 9.17) is 0 Å². The van der Waals surface area contributed by atoms with Gasteiger partial charge in [0.2, 0.25) is 5.82 Å². The first kappa shape index (κ1) is 19.9. The molecule has 0 aromatic carbocycles. The van der Waals surface area contributed by atoms with Crippen LogP contribution < -0.4 is 0 Å². The Labute approximate surface area is 168 Å². The van der Waals surface area contributed by atoms with E-state index in [2.05, 4.69) is 34.0 Å². The highest BCUT2D eigenvalue weighted by Gasteiger charge is 2.38. The van der Waals surface area contributed by atoms with Crippen molar-refractivity contribution in [3.05, 3.63) is 60.4 Å². The van der Waals surface area contributed by atoms with E-state index in [9.17, 15) is 17.4 Å². The summed E-state index contributed by atoms with van der Waals surface area (Å²) in [5.74, 6) is -1.42. The summed E-state index contributed by atoms with van der Waals surface area (Å²) in [7, 11) is -2.54. The smallest absolute Gasteiger partial charge is 0.329 e. The van der Waals surface area contributed by atoms with Crippen LogP contribution in [-0.2, 0) is 28.2 Å². The average Bonchev–Trinajstić information content (AvgIpc) is 3.33. The van der Waals surface area contributed by atoms with Crippen molar-refractivity contribution in [1.29, 1.82) is 0 Å².